The standard InChI is InChI=1S/C27H25N3P.C27H24N3P.C19H19N5.C19H17N5.C10H8N2O.BH.ClH.U/c2*1-21-18-19-22(2)30-27(21)28-26(29-30)20-31(23-12-6-3-7-13-23,24-14-8-4-9-15-24)25-16-10-5-11-17-25;2*1-13-8-9-14(2)24-19(13)22-18(23-24)11-10-17-20-12-16(21-17)15-6-4-3-5-7-15;13-7-10-11-6-9(12-10)8-4-2-1-3-5-8;;;/h3-19H,20H2,1-2H3;3-20H,1-2H3;3-9,12H,10-11H2,1-2H3,(H,20,21);3-12H,1-2H3,(H,20,21);1-7H,(H,11,12);2*1H;/q+1;;;;;;;/p-1/i;;;;;1D;;. The number of benzene rings is 9. The molecule has 0 unspecified atom stereocenters. The van der Waals surface area contributed by atoms with E-state index in [-0.39, 0.29) is 43.5 Å². The fraction of sp³-hybridized carbons (Fsp3) is 0.108. The second-order valence-corrected chi connectivity index (χ2v) is 36.8. The van der Waals surface area contributed by atoms with Gasteiger partial charge in [0, 0.05) is 75.1 Å². The number of nitrogens with zero attached hydrogens (tertiary/aromatic N) is 15. The zero-order valence-electron chi connectivity index (χ0n) is 72.2. The van der Waals surface area contributed by atoms with Crippen LogP contribution in [0, 0.1) is 86.5 Å². The topological polar surface area (TPSA) is 224 Å². The second-order valence-electron chi connectivity index (χ2n) is 30.1. The summed E-state index contributed by atoms with van der Waals surface area (Å²) in [5.74, 6) is 7.60. The molecule has 622 valence electrons. The van der Waals surface area contributed by atoms with Gasteiger partial charge in [0.05, 0.1) is 35.7 Å². The fourth-order valence-electron chi connectivity index (χ4n) is 15.0. The summed E-state index contributed by atoms with van der Waals surface area (Å²) in [5.41, 5.74) is 18.7. The van der Waals surface area contributed by atoms with Crippen LogP contribution in [-0.2, 0) is 19.0 Å². The van der Waals surface area contributed by atoms with Gasteiger partial charge in [0.1, 0.15) is 41.0 Å². The van der Waals surface area contributed by atoms with E-state index in [2.05, 4.69) is 348 Å². The fourth-order valence-corrected chi connectivity index (χ4v) is 22.8. The predicted molar refractivity (Wildman–Crippen MR) is 510 cm³/mol. The first-order chi connectivity index (χ1) is 61.2. The van der Waals surface area contributed by atoms with Crippen LogP contribution in [-0.4, -0.2) is 110 Å². The number of hydrogen-bond donors (Lipinski definition) is 3. The number of hydrogen-bond acceptors (Lipinski definition) is 12. The van der Waals surface area contributed by atoms with Crippen LogP contribution >= 0.6 is 14.1 Å². The Morgan fingerprint density at radius 1 is 0.349 bits per heavy atom. The van der Waals surface area contributed by atoms with Gasteiger partial charge in [-0.15, -0.1) is 15.3 Å². The number of aldehydes is 1. The Morgan fingerprint density at radius 2 is 0.667 bits per heavy atom. The van der Waals surface area contributed by atoms with E-state index >= 15 is 0 Å². The molecule has 0 saturated heterocycles. The molecule has 0 atom stereocenters. The zero-order valence-corrected chi connectivity index (χ0v) is 77.9. The summed E-state index contributed by atoms with van der Waals surface area (Å²) in [4.78, 5) is 51.9. The number of carbonyl (C=O) groups excluding carboxylic acids is 1. The summed E-state index contributed by atoms with van der Waals surface area (Å²) in [6.45, 7) is 14.4. The summed E-state index contributed by atoms with van der Waals surface area (Å²) in [5, 5.41) is 26.9. The van der Waals surface area contributed by atoms with Crippen LogP contribution in [0.15, 0.2) is 340 Å². The molecule has 0 aliphatic rings. The van der Waals surface area contributed by atoms with Gasteiger partial charge in [-0.05, 0) is 197 Å². The first-order valence-corrected chi connectivity index (χ1v) is 44.7. The number of fused-ring (bicyclic) bond motifs is 4. The number of carbonyl (C=O) groups is 1. The van der Waals surface area contributed by atoms with Gasteiger partial charge in [-0.3, -0.25) is 4.79 Å². The number of rotatable bonds is 18. The summed E-state index contributed by atoms with van der Waals surface area (Å²) in [6.07, 6.45) is 12.2. The van der Waals surface area contributed by atoms with Crippen molar-refractivity contribution in [2.45, 2.75) is 74.4 Å². The Labute approximate surface area is 767 Å². The third kappa shape index (κ3) is 20.4. The van der Waals surface area contributed by atoms with Gasteiger partial charge in [0.15, 0.2) is 58.0 Å². The van der Waals surface area contributed by atoms with Crippen LogP contribution in [0.1, 0.15) is 90.6 Å². The normalized spacial score (nSPS) is 11.1. The zero-order chi connectivity index (χ0) is 86.7. The second kappa shape index (κ2) is 41.9. The third-order valence-electron chi connectivity index (χ3n) is 21.5. The first kappa shape index (κ1) is 88.9. The van der Waals surface area contributed by atoms with E-state index in [1.165, 1.54) is 31.8 Å². The largest absolute Gasteiger partial charge is 1.00 e. The van der Waals surface area contributed by atoms with Gasteiger partial charge in [-0.25, -0.2) is 52.9 Å². The molecule has 0 amide bonds. The molecule has 126 heavy (non-hydrogen) atoms. The molecule has 11 heterocycles. The maximum absolute atomic E-state index is 10.4. The molecule has 24 heteroatoms. The van der Waals surface area contributed by atoms with E-state index in [4.69, 9.17) is 21.5 Å². The molecule has 0 saturated carbocycles. The number of H-pyrrole nitrogens is 3. The Hall–Kier alpha value is -13.4. The van der Waals surface area contributed by atoms with Gasteiger partial charge < -0.3 is 27.4 Å². The molecule has 3 N–H and O–H groups in total. The van der Waals surface area contributed by atoms with Gasteiger partial charge in [0.2, 0.25) is 0 Å². The molecule has 9 aromatic carbocycles. The molecule has 0 spiro atoms. The van der Waals surface area contributed by atoms with Crippen LogP contribution < -0.4 is 44.2 Å². The molecule has 20 rings (SSSR count). The van der Waals surface area contributed by atoms with Crippen molar-refractivity contribution in [1.82, 2.24) is 88.3 Å². The summed E-state index contributed by atoms with van der Waals surface area (Å²) >= 11 is 0. The minimum Gasteiger partial charge on any atom is -1.00 e. The molecule has 0 aliphatic heterocycles. The first-order valence-electron chi connectivity index (χ1n) is 41.5. The maximum atomic E-state index is 10.4. The minimum absolute atomic E-state index is 0. The Morgan fingerprint density at radius 3 is 1.05 bits per heavy atom. The summed E-state index contributed by atoms with van der Waals surface area (Å²) < 4.78 is 13.0. The van der Waals surface area contributed by atoms with Crippen molar-refractivity contribution in [3.8, 4) is 33.8 Å². The van der Waals surface area contributed by atoms with Gasteiger partial charge in [-0.2, -0.15) is 5.10 Å². The summed E-state index contributed by atoms with van der Waals surface area (Å²) in [6, 6.07) is 112. The van der Waals surface area contributed by atoms with Crippen LogP contribution in [0.2, 0.25) is 0 Å². The average Bonchev–Trinajstić information content (AvgIpc) is 1.74. The average molecular weight is 1940 g/mol. The molecule has 0 bridgehead atoms. The molecular weight excluding hydrogens is 1840 g/mol. The van der Waals surface area contributed by atoms with Gasteiger partial charge >= 0.3 is 0 Å². The van der Waals surface area contributed by atoms with E-state index in [1.807, 2.05) is 136 Å². The quantitative estimate of drug-likeness (QED) is 0.0414. The van der Waals surface area contributed by atoms with E-state index < -0.39 is 14.1 Å². The molecule has 20 aromatic rings. The van der Waals surface area contributed by atoms with Gasteiger partial charge in [-0.1, -0.05) is 261 Å². The molecule has 2 radical (unpaired) electrons. The Bertz CT molecular complexity index is 6710. The van der Waals surface area contributed by atoms with Crippen LogP contribution in [0.4, 0.5) is 0 Å². The van der Waals surface area contributed by atoms with Crippen molar-refractivity contribution in [3.05, 3.63) is 426 Å². The van der Waals surface area contributed by atoms with E-state index in [0.29, 0.717) is 17.9 Å². The number of aromatic nitrogens is 18. The number of imidazole rings is 3. The monoisotopic (exact) mass is 1930 g/mol. The van der Waals surface area contributed by atoms with Crippen LogP contribution in [0.3, 0.4) is 0 Å². The summed E-state index contributed by atoms with van der Waals surface area (Å²) in [7, 11) is 1.75. The Balaban J connectivity index is 0.000000137. The number of aryl methyl sites for hydroxylation is 10. The number of nitrogens with one attached hydrogen (secondary N) is 3. The van der Waals surface area contributed by atoms with Crippen LogP contribution in [0.25, 0.3) is 68.5 Å². The van der Waals surface area contributed by atoms with Crippen LogP contribution in [0.5, 0.6) is 0 Å². The minimum atomic E-state index is -2.12. The third-order valence-corrected chi connectivity index (χ3v) is 29.8. The van der Waals surface area contributed by atoms with Gasteiger partial charge in [0.25, 0.3) is 0 Å². The predicted octanol–water partition coefficient (Wildman–Crippen LogP) is 15.0. The maximum Gasteiger partial charge on any atom is 0.190 e. The van der Waals surface area contributed by atoms with Crippen molar-refractivity contribution < 1.29 is 48.3 Å². The molecular formula is C102H94BClN18OP2U. The molecule has 0 aliphatic carbocycles. The van der Waals surface area contributed by atoms with Crippen molar-refractivity contribution in [2.24, 2.45) is 0 Å². The number of aromatic amines is 3. The SMILES string of the molecule is Cc1ccc(C)n2nc(C=Cc3ncc(-c4ccccc4)[nH]3)nc12.Cc1ccc(C)n2nc(C=P(c3ccccc3)(c3ccccc3)c3ccccc3)nc12.Cc1ccc(C)n2nc(CCc3ncc(-c4ccccc4)[nH]3)nc12.Cc1ccc(C)n2nc(C[P+](c3ccccc3)(c3ccccc3)c3ccccc3)nc12.O=Cc1ncc(-c2ccccc2)[nH]1.[2H][B].[Cl-].[U]. The van der Waals surface area contributed by atoms with E-state index in [1.54, 1.807) is 6.20 Å². The van der Waals surface area contributed by atoms with Crippen molar-refractivity contribution in [3.63, 3.8) is 0 Å². The molecule has 11 aromatic heterocycles. The van der Waals surface area contributed by atoms with Crippen molar-refractivity contribution >= 4 is 101 Å². The smallest absolute Gasteiger partial charge is 0.190 e. The van der Waals surface area contributed by atoms with E-state index in [0.717, 1.165) is 150 Å². The number of halogens is 1. The molecule has 0 fully saturated rings. The number of pyridine rings is 4. The molecule has 19 nitrogen and oxygen atoms in total. The van der Waals surface area contributed by atoms with Crippen molar-refractivity contribution in [2.75, 3.05) is 0 Å². The van der Waals surface area contributed by atoms with Crippen molar-refractivity contribution in [1.29, 1.82) is 1.34 Å². The Kier molecular flexibility index (Phi) is 29.6. The van der Waals surface area contributed by atoms with E-state index in [9.17, 15) is 4.79 Å².